The molecule has 2 heterocycles. The van der Waals surface area contributed by atoms with Gasteiger partial charge in [-0.05, 0) is 49.8 Å². The van der Waals surface area contributed by atoms with Crippen molar-refractivity contribution in [1.82, 2.24) is 14.9 Å². The van der Waals surface area contributed by atoms with Gasteiger partial charge in [0.1, 0.15) is 5.75 Å². The topological polar surface area (TPSA) is 78.6 Å². The standard InChI is InChI=1S/C23H22N4O3S/c1-4-30-22(28)19(13-16-7-5-15(2)6-8-16)20-14-31-23-25-24-21(27(23)26-20)17-9-11-18(29-3)12-10-17/h5-13H,4,14H2,1-3H3. The van der Waals surface area contributed by atoms with Crippen LogP contribution in [0.5, 0.6) is 5.75 Å². The van der Waals surface area contributed by atoms with Gasteiger partial charge in [-0.2, -0.15) is 9.78 Å². The summed E-state index contributed by atoms with van der Waals surface area (Å²) in [6.45, 7) is 4.11. The molecule has 7 nitrogen and oxygen atoms in total. The second kappa shape index (κ2) is 9.18. The van der Waals surface area contributed by atoms with Crippen molar-refractivity contribution in [3.05, 3.63) is 65.2 Å². The minimum absolute atomic E-state index is 0.291. The van der Waals surface area contributed by atoms with Gasteiger partial charge >= 0.3 is 5.97 Å². The van der Waals surface area contributed by atoms with Crippen molar-refractivity contribution in [2.45, 2.75) is 19.0 Å². The Labute approximate surface area is 184 Å². The molecule has 4 rings (SSSR count). The molecule has 2 aromatic carbocycles. The van der Waals surface area contributed by atoms with Gasteiger partial charge in [0.15, 0.2) is 5.82 Å². The van der Waals surface area contributed by atoms with Crippen LogP contribution in [0.3, 0.4) is 0 Å². The fourth-order valence-corrected chi connectivity index (χ4v) is 3.91. The minimum atomic E-state index is -0.398. The lowest BCUT2D eigenvalue weighted by atomic mass is 10.1. The van der Waals surface area contributed by atoms with Gasteiger partial charge in [0.25, 0.3) is 0 Å². The highest BCUT2D eigenvalue weighted by atomic mass is 32.2. The molecule has 158 valence electrons. The fourth-order valence-electron chi connectivity index (χ4n) is 3.08. The van der Waals surface area contributed by atoms with E-state index < -0.39 is 5.97 Å². The first-order valence-electron chi connectivity index (χ1n) is 9.85. The Bertz CT molecular complexity index is 1150. The number of carbonyl (C=O) groups excluding carboxylic acids is 1. The molecular formula is C23H22N4O3S. The zero-order valence-corrected chi connectivity index (χ0v) is 18.3. The monoisotopic (exact) mass is 434 g/mol. The predicted octanol–water partition coefficient (Wildman–Crippen LogP) is 4.22. The Morgan fingerprint density at radius 1 is 1.13 bits per heavy atom. The molecule has 0 spiro atoms. The molecule has 31 heavy (non-hydrogen) atoms. The molecule has 3 aromatic rings. The zero-order valence-electron chi connectivity index (χ0n) is 17.5. The Morgan fingerprint density at radius 3 is 2.55 bits per heavy atom. The van der Waals surface area contributed by atoms with Crippen LogP contribution in [0.15, 0.2) is 64.4 Å². The van der Waals surface area contributed by atoms with Crippen molar-refractivity contribution in [1.29, 1.82) is 0 Å². The molecule has 0 saturated carbocycles. The number of fused-ring (bicyclic) bond motifs is 1. The molecule has 1 aliphatic rings. The molecule has 0 atom stereocenters. The summed E-state index contributed by atoms with van der Waals surface area (Å²) in [5.74, 6) is 1.45. The number of thioether (sulfide) groups is 1. The van der Waals surface area contributed by atoms with Crippen molar-refractivity contribution in [2.24, 2.45) is 5.10 Å². The van der Waals surface area contributed by atoms with Gasteiger partial charge in [0, 0.05) is 11.3 Å². The smallest absolute Gasteiger partial charge is 0.340 e. The Hall–Kier alpha value is -3.39. The molecule has 0 radical (unpaired) electrons. The van der Waals surface area contributed by atoms with Crippen molar-refractivity contribution >= 4 is 29.5 Å². The van der Waals surface area contributed by atoms with Gasteiger partial charge in [-0.25, -0.2) is 4.79 Å². The first-order chi connectivity index (χ1) is 15.1. The number of aryl methyl sites for hydroxylation is 1. The van der Waals surface area contributed by atoms with E-state index in [1.165, 1.54) is 11.8 Å². The Morgan fingerprint density at radius 2 is 1.87 bits per heavy atom. The summed E-state index contributed by atoms with van der Waals surface area (Å²) in [4.78, 5) is 12.8. The molecule has 0 fully saturated rings. The van der Waals surface area contributed by atoms with E-state index in [0.29, 0.717) is 34.6 Å². The summed E-state index contributed by atoms with van der Waals surface area (Å²) in [5, 5.41) is 14.0. The quantitative estimate of drug-likeness (QED) is 0.427. The van der Waals surface area contributed by atoms with Crippen LogP contribution >= 0.6 is 11.8 Å². The predicted molar refractivity (Wildman–Crippen MR) is 121 cm³/mol. The van der Waals surface area contributed by atoms with Crippen LogP contribution in [0.2, 0.25) is 0 Å². The number of carbonyl (C=O) groups is 1. The van der Waals surface area contributed by atoms with Crippen LogP contribution in [0, 0.1) is 6.92 Å². The molecule has 0 saturated heterocycles. The zero-order chi connectivity index (χ0) is 21.8. The van der Waals surface area contributed by atoms with Gasteiger partial charge in [-0.15, -0.1) is 10.2 Å². The van der Waals surface area contributed by atoms with Crippen LogP contribution in [0.1, 0.15) is 18.1 Å². The van der Waals surface area contributed by atoms with Crippen LogP contribution in [0.4, 0.5) is 0 Å². The lowest BCUT2D eigenvalue weighted by Crippen LogP contribution is -2.21. The summed E-state index contributed by atoms with van der Waals surface area (Å²) in [6, 6.07) is 15.5. The van der Waals surface area contributed by atoms with Crippen LogP contribution in [0.25, 0.3) is 17.5 Å². The Balaban J connectivity index is 1.75. The van der Waals surface area contributed by atoms with Crippen LogP contribution < -0.4 is 4.74 Å². The SMILES string of the molecule is CCOC(=O)C(=Cc1ccc(C)cc1)C1=Nn2c(nnc2-c2ccc(OC)cc2)SC1. The second-order valence-corrected chi connectivity index (χ2v) is 7.81. The highest BCUT2D eigenvalue weighted by molar-refractivity contribution is 7.99. The molecule has 0 bridgehead atoms. The molecule has 1 aromatic heterocycles. The van der Waals surface area contributed by atoms with E-state index in [1.807, 2.05) is 61.5 Å². The number of esters is 1. The summed E-state index contributed by atoms with van der Waals surface area (Å²) < 4.78 is 12.2. The Kier molecular flexibility index (Phi) is 6.18. The minimum Gasteiger partial charge on any atom is -0.497 e. The number of benzene rings is 2. The van der Waals surface area contributed by atoms with E-state index in [-0.39, 0.29) is 0 Å². The third kappa shape index (κ3) is 4.54. The third-order valence-corrected chi connectivity index (χ3v) is 5.64. The molecule has 0 unspecified atom stereocenters. The number of methoxy groups -OCH3 is 1. The average molecular weight is 435 g/mol. The van der Waals surface area contributed by atoms with E-state index in [1.54, 1.807) is 18.7 Å². The molecule has 8 heteroatoms. The summed E-state index contributed by atoms with van der Waals surface area (Å²) in [6.07, 6.45) is 1.82. The number of rotatable bonds is 6. The summed E-state index contributed by atoms with van der Waals surface area (Å²) in [7, 11) is 1.62. The van der Waals surface area contributed by atoms with Crippen LogP contribution in [-0.4, -0.2) is 46.0 Å². The molecule has 1 aliphatic heterocycles. The number of aromatic nitrogens is 3. The lowest BCUT2D eigenvalue weighted by molar-refractivity contribution is -0.137. The van der Waals surface area contributed by atoms with Crippen molar-refractivity contribution in [3.63, 3.8) is 0 Å². The summed E-state index contributed by atoms with van der Waals surface area (Å²) >= 11 is 1.48. The fraction of sp³-hybridized carbons (Fsp3) is 0.217. The van der Waals surface area contributed by atoms with Gasteiger partial charge in [-0.1, -0.05) is 41.6 Å². The molecule has 0 N–H and O–H groups in total. The van der Waals surface area contributed by atoms with E-state index in [2.05, 4.69) is 10.2 Å². The van der Waals surface area contributed by atoms with E-state index >= 15 is 0 Å². The number of nitrogens with zero attached hydrogens (tertiary/aromatic N) is 4. The summed E-state index contributed by atoms with van der Waals surface area (Å²) in [5.41, 5.74) is 3.96. The van der Waals surface area contributed by atoms with Crippen molar-refractivity contribution in [3.8, 4) is 17.1 Å². The van der Waals surface area contributed by atoms with E-state index in [0.717, 1.165) is 22.4 Å². The first-order valence-corrected chi connectivity index (χ1v) is 10.8. The van der Waals surface area contributed by atoms with Crippen molar-refractivity contribution < 1.29 is 14.3 Å². The number of ether oxygens (including phenoxy) is 2. The van der Waals surface area contributed by atoms with Crippen molar-refractivity contribution in [2.75, 3.05) is 19.5 Å². The third-order valence-electron chi connectivity index (χ3n) is 4.71. The largest absolute Gasteiger partial charge is 0.497 e. The molecular weight excluding hydrogens is 412 g/mol. The maximum atomic E-state index is 12.8. The average Bonchev–Trinajstić information content (AvgIpc) is 3.22. The molecule has 0 amide bonds. The van der Waals surface area contributed by atoms with E-state index in [9.17, 15) is 4.79 Å². The van der Waals surface area contributed by atoms with Crippen LogP contribution in [-0.2, 0) is 9.53 Å². The number of hydrogen-bond donors (Lipinski definition) is 0. The van der Waals surface area contributed by atoms with Gasteiger partial charge in [0.2, 0.25) is 5.16 Å². The van der Waals surface area contributed by atoms with Gasteiger partial charge in [0.05, 0.1) is 25.0 Å². The number of hydrogen-bond acceptors (Lipinski definition) is 7. The van der Waals surface area contributed by atoms with Gasteiger partial charge < -0.3 is 9.47 Å². The normalized spacial score (nSPS) is 13.4. The van der Waals surface area contributed by atoms with E-state index in [4.69, 9.17) is 14.6 Å². The maximum absolute atomic E-state index is 12.8. The second-order valence-electron chi connectivity index (χ2n) is 6.87. The molecule has 0 aliphatic carbocycles. The van der Waals surface area contributed by atoms with Gasteiger partial charge in [-0.3, -0.25) is 0 Å². The highest BCUT2D eigenvalue weighted by Crippen LogP contribution is 2.30. The maximum Gasteiger partial charge on any atom is 0.340 e. The lowest BCUT2D eigenvalue weighted by Gasteiger charge is -2.16. The first kappa shape index (κ1) is 20.9. The highest BCUT2D eigenvalue weighted by Gasteiger charge is 2.25.